The monoisotopic (exact) mass is 368 g/mol. The van der Waals surface area contributed by atoms with Gasteiger partial charge in [0, 0.05) is 6.54 Å². The number of carbonyl (C=O) groups is 2. The molecule has 126 valence electrons. The van der Waals surface area contributed by atoms with Crippen LogP contribution in [0, 0.1) is 0 Å². The molecule has 2 aromatic carbocycles. The minimum absolute atomic E-state index is 0.0658. The van der Waals surface area contributed by atoms with Gasteiger partial charge in [-0.05, 0) is 17.2 Å². The lowest BCUT2D eigenvalue weighted by Gasteiger charge is -2.14. The minimum atomic E-state index is -0.235. The molecule has 1 aliphatic heterocycles. The van der Waals surface area contributed by atoms with Gasteiger partial charge in [0.1, 0.15) is 10.9 Å². The summed E-state index contributed by atoms with van der Waals surface area (Å²) in [5.74, 6) is -0.463. The van der Waals surface area contributed by atoms with Gasteiger partial charge in [-0.25, -0.2) is 0 Å². The molecule has 1 heterocycles. The summed E-state index contributed by atoms with van der Waals surface area (Å²) >= 11 is 6.48. The number of thiocarbonyl (C=S) groups is 1. The van der Waals surface area contributed by atoms with Gasteiger partial charge in [0.25, 0.3) is 5.91 Å². The number of benzene rings is 2. The molecule has 2 aromatic rings. The van der Waals surface area contributed by atoms with Gasteiger partial charge < -0.3 is 5.32 Å². The van der Waals surface area contributed by atoms with E-state index in [1.165, 1.54) is 16.7 Å². The molecule has 1 fully saturated rings. The van der Waals surface area contributed by atoms with E-state index in [0.717, 1.165) is 11.1 Å². The predicted octanol–water partition coefficient (Wildman–Crippen LogP) is 3.20. The number of nitrogens with one attached hydrogen (secondary N) is 1. The standard InChI is InChI=1S/C19H16N2O2S2/c22-17(20-12-15-9-5-2-6-10-15)13-21-18(23)16(25-19(21)24)11-14-7-3-1-4-8-14/h1-11H,12-13H2,(H,20,22)/b16-11-. The van der Waals surface area contributed by atoms with Crippen molar-refractivity contribution < 1.29 is 9.59 Å². The van der Waals surface area contributed by atoms with E-state index in [4.69, 9.17) is 12.2 Å². The Balaban J connectivity index is 1.61. The van der Waals surface area contributed by atoms with Gasteiger partial charge in [-0.2, -0.15) is 0 Å². The molecule has 0 aliphatic carbocycles. The summed E-state index contributed by atoms with van der Waals surface area (Å²) < 4.78 is 0.405. The van der Waals surface area contributed by atoms with Crippen molar-refractivity contribution in [2.75, 3.05) is 6.54 Å². The average Bonchev–Trinajstić information content (AvgIpc) is 2.89. The van der Waals surface area contributed by atoms with Gasteiger partial charge in [0.05, 0.1) is 4.91 Å². The largest absolute Gasteiger partial charge is 0.350 e. The molecule has 0 aromatic heterocycles. The molecular weight excluding hydrogens is 352 g/mol. The van der Waals surface area contributed by atoms with E-state index in [0.29, 0.717) is 15.8 Å². The number of carbonyl (C=O) groups excluding carboxylic acids is 2. The van der Waals surface area contributed by atoms with Gasteiger partial charge in [-0.1, -0.05) is 84.6 Å². The SMILES string of the molecule is O=C(CN1C(=O)/C(=C/c2ccccc2)SC1=S)NCc1ccccc1. The van der Waals surface area contributed by atoms with Crippen molar-refractivity contribution >= 4 is 46.2 Å². The van der Waals surface area contributed by atoms with Crippen molar-refractivity contribution in [3.63, 3.8) is 0 Å². The normalized spacial score (nSPS) is 15.7. The Hall–Kier alpha value is -2.44. The number of amides is 2. The zero-order chi connectivity index (χ0) is 17.6. The number of thioether (sulfide) groups is 1. The first-order valence-corrected chi connectivity index (χ1v) is 8.97. The molecule has 0 radical (unpaired) electrons. The van der Waals surface area contributed by atoms with Crippen LogP contribution in [0.4, 0.5) is 0 Å². The van der Waals surface area contributed by atoms with Crippen LogP contribution >= 0.6 is 24.0 Å². The van der Waals surface area contributed by atoms with Crippen molar-refractivity contribution in [2.45, 2.75) is 6.54 Å². The quantitative estimate of drug-likeness (QED) is 0.650. The highest BCUT2D eigenvalue weighted by Crippen LogP contribution is 2.32. The fourth-order valence-electron chi connectivity index (χ4n) is 2.33. The lowest BCUT2D eigenvalue weighted by atomic mass is 10.2. The fourth-order valence-corrected chi connectivity index (χ4v) is 3.59. The van der Waals surface area contributed by atoms with Crippen LogP contribution in [-0.4, -0.2) is 27.6 Å². The molecule has 0 bridgehead atoms. The lowest BCUT2D eigenvalue weighted by molar-refractivity contribution is -0.128. The highest BCUT2D eigenvalue weighted by atomic mass is 32.2. The third kappa shape index (κ3) is 4.55. The van der Waals surface area contributed by atoms with Gasteiger partial charge in [0.15, 0.2) is 0 Å². The van der Waals surface area contributed by atoms with E-state index in [1.807, 2.05) is 60.7 Å². The summed E-state index contributed by atoms with van der Waals surface area (Å²) in [7, 11) is 0. The zero-order valence-corrected chi connectivity index (χ0v) is 15.0. The molecule has 1 saturated heterocycles. The molecule has 0 unspecified atom stereocenters. The van der Waals surface area contributed by atoms with E-state index in [1.54, 1.807) is 6.08 Å². The van der Waals surface area contributed by atoms with Crippen LogP contribution in [0.2, 0.25) is 0 Å². The van der Waals surface area contributed by atoms with Crippen molar-refractivity contribution in [3.05, 3.63) is 76.7 Å². The van der Waals surface area contributed by atoms with E-state index in [2.05, 4.69) is 5.32 Å². The van der Waals surface area contributed by atoms with Gasteiger partial charge in [-0.3, -0.25) is 14.5 Å². The van der Waals surface area contributed by atoms with Crippen molar-refractivity contribution in [2.24, 2.45) is 0 Å². The second-order valence-electron chi connectivity index (χ2n) is 5.44. The first-order valence-electron chi connectivity index (χ1n) is 7.74. The molecule has 3 rings (SSSR count). The van der Waals surface area contributed by atoms with E-state index in [9.17, 15) is 9.59 Å². The van der Waals surface area contributed by atoms with Crippen LogP contribution in [0.3, 0.4) is 0 Å². The van der Waals surface area contributed by atoms with Crippen molar-refractivity contribution in [1.82, 2.24) is 10.2 Å². The molecular formula is C19H16N2O2S2. The van der Waals surface area contributed by atoms with E-state index < -0.39 is 0 Å². The Labute approximate surface area is 155 Å². The predicted molar refractivity (Wildman–Crippen MR) is 105 cm³/mol. The van der Waals surface area contributed by atoms with E-state index in [-0.39, 0.29) is 18.4 Å². The highest BCUT2D eigenvalue weighted by molar-refractivity contribution is 8.26. The topological polar surface area (TPSA) is 49.4 Å². The molecule has 6 heteroatoms. The van der Waals surface area contributed by atoms with Crippen LogP contribution in [0.15, 0.2) is 65.6 Å². The Morgan fingerprint density at radius 2 is 1.72 bits per heavy atom. The Morgan fingerprint density at radius 3 is 2.40 bits per heavy atom. The maximum Gasteiger partial charge on any atom is 0.266 e. The third-order valence-corrected chi connectivity index (χ3v) is 4.98. The van der Waals surface area contributed by atoms with Gasteiger partial charge in [0.2, 0.25) is 5.91 Å². The van der Waals surface area contributed by atoms with Crippen molar-refractivity contribution in [1.29, 1.82) is 0 Å². The minimum Gasteiger partial charge on any atom is -0.350 e. The summed E-state index contributed by atoms with van der Waals surface area (Å²) in [6.45, 7) is 0.359. The Morgan fingerprint density at radius 1 is 1.08 bits per heavy atom. The molecule has 4 nitrogen and oxygen atoms in total. The van der Waals surface area contributed by atoms with Crippen LogP contribution in [0.5, 0.6) is 0 Å². The molecule has 0 saturated carbocycles. The summed E-state index contributed by atoms with van der Waals surface area (Å²) in [4.78, 5) is 26.5. The molecule has 25 heavy (non-hydrogen) atoms. The maximum atomic E-state index is 12.5. The van der Waals surface area contributed by atoms with Crippen LogP contribution < -0.4 is 5.32 Å². The van der Waals surface area contributed by atoms with Gasteiger partial charge in [-0.15, -0.1) is 0 Å². The number of nitrogens with zero attached hydrogens (tertiary/aromatic N) is 1. The molecule has 1 N–H and O–H groups in total. The smallest absolute Gasteiger partial charge is 0.266 e. The second-order valence-corrected chi connectivity index (χ2v) is 7.12. The maximum absolute atomic E-state index is 12.5. The highest BCUT2D eigenvalue weighted by Gasteiger charge is 2.33. The zero-order valence-electron chi connectivity index (χ0n) is 13.3. The molecule has 2 amide bonds. The summed E-state index contributed by atoms with van der Waals surface area (Å²) in [6, 6.07) is 19.2. The average molecular weight is 368 g/mol. The Kier molecular flexibility index (Phi) is 5.63. The number of hydrogen-bond acceptors (Lipinski definition) is 4. The number of rotatable bonds is 5. The third-order valence-electron chi connectivity index (χ3n) is 3.61. The number of hydrogen-bond donors (Lipinski definition) is 1. The van der Waals surface area contributed by atoms with Crippen LogP contribution in [0.25, 0.3) is 6.08 Å². The lowest BCUT2D eigenvalue weighted by Crippen LogP contribution is -2.39. The fraction of sp³-hybridized carbons (Fsp3) is 0.105. The summed E-state index contributed by atoms with van der Waals surface area (Å²) in [5, 5.41) is 2.81. The summed E-state index contributed by atoms with van der Waals surface area (Å²) in [6.07, 6.45) is 1.79. The first-order chi connectivity index (χ1) is 12.1. The molecule has 1 aliphatic rings. The van der Waals surface area contributed by atoms with Gasteiger partial charge >= 0.3 is 0 Å². The van der Waals surface area contributed by atoms with Crippen LogP contribution in [-0.2, 0) is 16.1 Å². The second kappa shape index (κ2) is 8.09. The summed E-state index contributed by atoms with van der Waals surface area (Å²) in [5.41, 5.74) is 1.93. The Bertz CT molecular complexity index is 820. The molecule has 0 spiro atoms. The van der Waals surface area contributed by atoms with Crippen molar-refractivity contribution in [3.8, 4) is 0 Å². The first kappa shape index (κ1) is 17.4. The van der Waals surface area contributed by atoms with Crippen LogP contribution in [0.1, 0.15) is 11.1 Å². The molecule has 0 atom stereocenters. The van der Waals surface area contributed by atoms with E-state index >= 15 is 0 Å².